The highest BCUT2D eigenvalue weighted by Gasteiger charge is 2.13. The number of fused-ring (bicyclic) bond motifs is 1. The molecule has 0 aromatic carbocycles. The van der Waals surface area contributed by atoms with Crippen LogP contribution in [0.2, 0.25) is 0 Å². The molecule has 2 heterocycles. The second-order valence-electron chi connectivity index (χ2n) is 3.65. The van der Waals surface area contributed by atoms with Crippen LogP contribution in [0.1, 0.15) is 30.5 Å². The topological polar surface area (TPSA) is 69.9 Å². The number of hydrogen-bond donors (Lipinski definition) is 0. The van der Waals surface area contributed by atoms with E-state index >= 15 is 0 Å². The van der Waals surface area contributed by atoms with Gasteiger partial charge in [-0.05, 0) is 13.8 Å². The third kappa shape index (κ3) is 1.62. The molecule has 0 N–H and O–H groups in total. The summed E-state index contributed by atoms with van der Waals surface area (Å²) in [6, 6.07) is 0.179. The van der Waals surface area contributed by atoms with Crippen molar-refractivity contribution in [2.24, 2.45) is 0 Å². The largest absolute Gasteiger partial charge is 0.463 e. The standard InChI is InChI=1S/C10H12N4O2/c1-6(2)14-9-7(5-12-14)4-11-8(13-9)10(15)16-3/h4-6H,1-3H3. The minimum absolute atomic E-state index is 0.0531. The predicted octanol–water partition coefficient (Wildman–Crippen LogP) is 1.19. The first-order valence-corrected chi connectivity index (χ1v) is 4.92. The Bertz CT molecular complexity index is 533. The monoisotopic (exact) mass is 220 g/mol. The van der Waals surface area contributed by atoms with E-state index in [1.165, 1.54) is 7.11 Å². The first kappa shape index (κ1) is 10.5. The van der Waals surface area contributed by atoms with Gasteiger partial charge in [0.1, 0.15) is 0 Å². The molecule has 0 unspecified atom stereocenters. The highest BCUT2D eigenvalue weighted by molar-refractivity contribution is 5.87. The van der Waals surface area contributed by atoms with Crippen LogP contribution in [0.4, 0.5) is 0 Å². The fourth-order valence-corrected chi connectivity index (χ4v) is 1.40. The van der Waals surface area contributed by atoms with Gasteiger partial charge in [-0.2, -0.15) is 5.10 Å². The van der Waals surface area contributed by atoms with Crippen LogP contribution in [-0.2, 0) is 4.74 Å². The lowest BCUT2D eigenvalue weighted by Crippen LogP contribution is -2.09. The zero-order valence-electron chi connectivity index (χ0n) is 9.34. The van der Waals surface area contributed by atoms with Crippen LogP contribution in [-0.4, -0.2) is 32.8 Å². The Morgan fingerprint density at radius 1 is 1.44 bits per heavy atom. The number of carbonyl (C=O) groups is 1. The van der Waals surface area contributed by atoms with Crippen LogP contribution in [0, 0.1) is 0 Å². The Hall–Kier alpha value is -1.98. The summed E-state index contributed by atoms with van der Waals surface area (Å²) < 4.78 is 6.31. The van der Waals surface area contributed by atoms with Crippen LogP contribution >= 0.6 is 0 Å². The average molecular weight is 220 g/mol. The number of rotatable bonds is 2. The third-order valence-electron chi connectivity index (χ3n) is 2.19. The van der Waals surface area contributed by atoms with Crippen molar-refractivity contribution in [1.82, 2.24) is 19.7 Å². The number of ether oxygens (including phenoxy) is 1. The predicted molar refractivity (Wildman–Crippen MR) is 57.0 cm³/mol. The van der Waals surface area contributed by atoms with E-state index in [0.29, 0.717) is 5.65 Å². The molecular weight excluding hydrogens is 208 g/mol. The fraction of sp³-hybridized carbons (Fsp3) is 0.400. The zero-order chi connectivity index (χ0) is 11.7. The van der Waals surface area contributed by atoms with Crippen molar-refractivity contribution in [3.8, 4) is 0 Å². The molecule has 16 heavy (non-hydrogen) atoms. The van der Waals surface area contributed by atoms with Gasteiger partial charge in [-0.3, -0.25) is 0 Å². The van der Waals surface area contributed by atoms with E-state index < -0.39 is 5.97 Å². The van der Waals surface area contributed by atoms with Gasteiger partial charge in [0.15, 0.2) is 5.65 Å². The SMILES string of the molecule is COC(=O)c1ncc2cnn(C(C)C)c2n1. The second-order valence-corrected chi connectivity index (χ2v) is 3.65. The van der Waals surface area contributed by atoms with Crippen molar-refractivity contribution in [1.29, 1.82) is 0 Å². The van der Waals surface area contributed by atoms with Crippen LogP contribution in [0.3, 0.4) is 0 Å². The van der Waals surface area contributed by atoms with Crippen molar-refractivity contribution < 1.29 is 9.53 Å². The number of esters is 1. The van der Waals surface area contributed by atoms with Gasteiger partial charge in [-0.1, -0.05) is 0 Å². The first-order valence-electron chi connectivity index (χ1n) is 4.92. The van der Waals surface area contributed by atoms with Crippen LogP contribution in [0.15, 0.2) is 12.4 Å². The van der Waals surface area contributed by atoms with E-state index in [9.17, 15) is 4.79 Å². The van der Waals surface area contributed by atoms with Crippen molar-refractivity contribution in [3.05, 3.63) is 18.2 Å². The van der Waals surface area contributed by atoms with Crippen LogP contribution in [0.5, 0.6) is 0 Å². The first-order chi connectivity index (χ1) is 7.63. The summed E-state index contributed by atoms with van der Waals surface area (Å²) in [4.78, 5) is 19.3. The van der Waals surface area contributed by atoms with Gasteiger partial charge >= 0.3 is 5.97 Å². The molecule has 0 saturated carbocycles. The van der Waals surface area contributed by atoms with E-state index in [1.54, 1.807) is 17.1 Å². The summed E-state index contributed by atoms with van der Waals surface area (Å²) in [5.74, 6) is -0.490. The summed E-state index contributed by atoms with van der Waals surface area (Å²) in [6.07, 6.45) is 3.25. The quantitative estimate of drug-likeness (QED) is 0.711. The number of nitrogens with zero attached hydrogens (tertiary/aromatic N) is 4. The normalized spacial score (nSPS) is 11.0. The number of methoxy groups -OCH3 is 1. The molecule has 84 valence electrons. The van der Waals surface area contributed by atoms with Crippen molar-refractivity contribution in [3.63, 3.8) is 0 Å². The van der Waals surface area contributed by atoms with Gasteiger partial charge in [0, 0.05) is 12.2 Å². The molecule has 6 heteroatoms. The average Bonchev–Trinajstić information content (AvgIpc) is 2.70. The van der Waals surface area contributed by atoms with Crippen LogP contribution < -0.4 is 0 Å². The lowest BCUT2D eigenvalue weighted by Gasteiger charge is -2.06. The molecule has 2 aromatic heterocycles. The number of carbonyl (C=O) groups excluding carboxylic acids is 1. The van der Waals surface area contributed by atoms with E-state index in [0.717, 1.165) is 5.39 Å². The Balaban J connectivity index is 2.58. The van der Waals surface area contributed by atoms with Gasteiger partial charge < -0.3 is 4.74 Å². The number of hydrogen-bond acceptors (Lipinski definition) is 5. The maximum atomic E-state index is 11.3. The Labute approximate surface area is 92.3 Å². The van der Waals surface area contributed by atoms with Crippen molar-refractivity contribution >= 4 is 17.0 Å². The summed E-state index contributed by atoms with van der Waals surface area (Å²) >= 11 is 0. The van der Waals surface area contributed by atoms with Gasteiger partial charge in [0.05, 0.1) is 18.7 Å². The maximum absolute atomic E-state index is 11.3. The molecule has 0 aliphatic rings. The highest BCUT2D eigenvalue weighted by Crippen LogP contribution is 2.14. The summed E-state index contributed by atoms with van der Waals surface area (Å²) in [7, 11) is 1.30. The molecule has 0 fully saturated rings. The van der Waals surface area contributed by atoms with Gasteiger partial charge in [-0.25, -0.2) is 19.4 Å². The zero-order valence-corrected chi connectivity index (χ0v) is 9.34. The molecule has 0 radical (unpaired) electrons. The summed E-state index contributed by atoms with van der Waals surface area (Å²) in [5, 5.41) is 4.99. The minimum atomic E-state index is -0.543. The Kier molecular flexibility index (Phi) is 2.55. The molecule has 0 amide bonds. The smallest absolute Gasteiger partial charge is 0.376 e. The van der Waals surface area contributed by atoms with E-state index in [2.05, 4.69) is 19.8 Å². The molecule has 0 spiro atoms. The van der Waals surface area contributed by atoms with Gasteiger partial charge in [0.2, 0.25) is 5.82 Å². The molecule has 0 atom stereocenters. The summed E-state index contributed by atoms with van der Waals surface area (Å²) in [5.41, 5.74) is 0.644. The van der Waals surface area contributed by atoms with E-state index in [1.807, 2.05) is 13.8 Å². The maximum Gasteiger partial charge on any atom is 0.376 e. The summed E-state index contributed by atoms with van der Waals surface area (Å²) in [6.45, 7) is 3.98. The fourth-order valence-electron chi connectivity index (χ4n) is 1.40. The van der Waals surface area contributed by atoms with E-state index in [4.69, 9.17) is 0 Å². The lowest BCUT2D eigenvalue weighted by atomic mass is 10.4. The molecule has 0 bridgehead atoms. The van der Waals surface area contributed by atoms with E-state index in [-0.39, 0.29) is 11.9 Å². The van der Waals surface area contributed by atoms with Crippen molar-refractivity contribution in [2.75, 3.05) is 7.11 Å². The van der Waals surface area contributed by atoms with Crippen LogP contribution in [0.25, 0.3) is 11.0 Å². The molecule has 2 aromatic rings. The van der Waals surface area contributed by atoms with Gasteiger partial charge in [-0.15, -0.1) is 0 Å². The Morgan fingerprint density at radius 3 is 2.81 bits per heavy atom. The van der Waals surface area contributed by atoms with Gasteiger partial charge in [0.25, 0.3) is 0 Å². The Morgan fingerprint density at radius 2 is 2.19 bits per heavy atom. The highest BCUT2D eigenvalue weighted by atomic mass is 16.5. The molecular formula is C10H12N4O2. The lowest BCUT2D eigenvalue weighted by molar-refractivity contribution is 0.0587. The number of aromatic nitrogens is 4. The molecule has 6 nitrogen and oxygen atoms in total. The molecule has 0 saturated heterocycles. The minimum Gasteiger partial charge on any atom is -0.463 e. The third-order valence-corrected chi connectivity index (χ3v) is 2.19. The molecule has 0 aliphatic heterocycles. The molecule has 0 aliphatic carbocycles. The molecule has 2 rings (SSSR count). The second kappa shape index (κ2) is 3.88. The van der Waals surface area contributed by atoms with Crippen molar-refractivity contribution in [2.45, 2.75) is 19.9 Å².